The summed E-state index contributed by atoms with van der Waals surface area (Å²) in [5.74, 6) is 1.91. The van der Waals surface area contributed by atoms with Crippen LogP contribution >= 0.6 is 11.8 Å². The van der Waals surface area contributed by atoms with Crippen LogP contribution in [-0.4, -0.2) is 50.4 Å². The van der Waals surface area contributed by atoms with E-state index in [1.807, 2.05) is 24.9 Å². The fraction of sp³-hybridized carbons (Fsp3) is 0.294. The summed E-state index contributed by atoms with van der Waals surface area (Å²) >= 11 is 1.30. The first-order valence-corrected chi connectivity index (χ1v) is 9.04. The third-order valence-corrected chi connectivity index (χ3v) is 4.79. The van der Waals surface area contributed by atoms with Crippen LogP contribution in [0.5, 0.6) is 11.6 Å². The molecule has 1 amide bonds. The SMILES string of the molecule is COc1ccc(NC(=O)CSc2nnc(-c3cn(C)nc3OC)n2C)cc1. The second-order valence-electron chi connectivity index (χ2n) is 5.66. The fourth-order valence-corrected chi connectivity index (χ4v) is 3.16. The van der Waals surface area contributed by atoms with Crippen LogP contribution in [0.1, 0.15) is 0 Å². The number of anilines is 1. The van der Waals surface area contributed by atoms with Gasteiger partial charge in [0.1, 0.15) is 11.3 Å². The minimum absolute atomic E-state index is 0.131. The number of amides is 1. The van der Waals surface area contributed by atoms with Crippen LogP contribution in [-0.2, 0) is 18.9 Å². The van der Waals surface area contributed by atoms with E-state index in [-0.39, 0.29) is 11.7 Å². The number of nitrogens with zero attached hydrogens (tertiary/aromatic N) is 5. The van der Waals surface area contributed by atoms with Crippen molar-refractivity contribution >= 4 is 23.4 Å². The zero-order valence-electron chi connectivity index (χ0n) is 15.5. The highest BCUT2D eigenvalue weighted by Crippen LogP contribution is 2.29. The van der Waals surface area contributed by atoms with Gasteiger partial charge in [-0.15, -0.1) is 15.3 Å². The highest BCUT2D eigenvalue weighted by atomic mass is 32.2. The van der Waals surface area contributed by atoms with E-state index in [9.17, 15) is 4.79 Å². The van der Waals surface area contributed by atoms with Gasteiger partial charge in [-0.2, -0.15) is 0 Å². The molecule has 0 bridgehead atoms. The van der Waals surface area contributed by atoms with Crippen molar-refractivity contribution in [3.8, 4) is 23.0 Å². The van der Waals surface area contributed by atoms with Crippen LogP contribution in [0.15, 0.2) is 35.6 Å². The van der Waals surface area contributed by atoms with Crippen molar-refractivity contribution in [3.05, 3.63) is 30.5 Å². The number of aryl methyl sites for hydroxylation is 1. The third-order valence-electron chi connectivity index (χ3n) is 3.77. The summed E-state index contributed by atoms with van der Waals surface area (Å²) in [6.45, 7) is 0. The van der Waals surface area contributed by atoms with Gasteiger partial charge in [-0.05, 0) is 24.3 Å². The van der Waals surface area contributed by atoms with Gasteiger partial charge in [0.05, 0.1) is 20.0 Å². The van der Waals surface area contributed by atoms with Crippen molar-refractivity contribution < 1.29 is 14.3 Å². The average molecular weight is 388 g/mol. The lowest BCUT2D eigenvalue weighted by atomic mass is 10.3. The summed E-state index contributed by atoms with van der Waals surface area (Å²) in [5.41, 5.74) is 1.45. The molecule has 0 atom stereocenters. The molecule has 2 aromatic heterocycles. The van der Waals surface area contributed by atoms with Crippen LogP contribution in [0.4, 0.5) is 5.69 Å². The molecule has 0 unspecified atom stereocenters. The second kappa shape index (κ2) is 8.12. The van der Waals surface area contributed by atoms with Gasteiger partial charge in [-0.1, -0.05) is 11.8 Å². The lowest BCUT2D eigenvalue weighted by Crippen LogP contribution is -2.14. The van der Waals surface area contributed by atoms with E-state index in [2.05, 4.69) is 20.6 Å². The molecule has 0 aliphatic carbocycles. The quantitative estimate of drug-likeness (QED) is 0.618. The Morgan fingerprint density at radius 2 is 1.89 bits per heavy atom. The lowest BCUT2D eigenvalue weighted by molar-refractivity contribution is -0.113. The molecule has 9 nitrogen and oxygen atoms in total. The number of carbonyl (C=O) groups is 1. The number of hydrogen-bond donors (Lipinski definition) is 1. The van der Waals surface area contributed by atoms with Crippen LogP contribution in [0.2, 0.25) is 0 Å². The molecule has 0 aliphatic rings. The molecule has 1 N–H and O–H groups in total. The Kier molecular flexibility index (Phi) is 5.65. The highest BCUT2D eigenvalue weighted by Gasteiger charge is 2.18. The van der Waals surface area contributed by atoms with Gasteiger partial charge < -0.3 is 19.4 Å². The zero-order valence-corrected chi connectivity index (χ0v) is 16.3. The van der Waals surface area contributed by atoms with Crippen LogP contribution in [0.25, 0.3) is 11.4 Å². The van der Waals surface area contributed by atoms with E-state index in [1.165, 1.54) is 11.8 Å². The monoisotopic (exact) mass is 388 g/mol. The van der Waals surface area contributed by atoms with Crippen molar-refractivity contribution in [2.45, 2.75) is 5.16 Å². The van der Waals surface area contributed by atoms with Crippen LogP contribution < -0.4 is 14.8 Å². The minimum Gasteiger partial charge on any atom is -0.497 e. The summed E-state index contributed by atoms with van der Waals surface area (Å²) in [4.78, 5) is 12.2. The maximum absolute atomic E-state index is 12.2. The van der Waals surface area contributed by atoms with E-state index < -0.39 is 0 Å². The molecule has 3 rings (SSSR count). The Labute approximate surface area is 160 Å². The maximum atomic E-state index is 12.2. The summed E-state index contributed by atoms with van der Waals surface area (Å²) in [6.07, 6.45) is 1.81. The predicted octanol–water partition coefficient (Wildman–Crippen LogP) is 1.96. The zero-order chi connectivity index (χ0) is 19.4. The van der Waals surface area contributed by atoms with E-state index in [1.54, 1.807) is 43.2 Å². The Bertz CT molecular complexity index is 935. The molecular formula is C17H20N6O3S. The van der Waals surface area contributed by atoms with Gasteiger partial charge in [0.15, 0.2) is 11.0 Å². The molecule has 1 aromatic carbocycles. The van der Waals surface area contributed by atoms with Crippen molar-refractivity contribution in [3.63, 3.8) is 0 Å². The molecule has 0 saturated heterocycles. The van der Waals surface area contributed by atoms with Gasteiger partial charge in [0.2, 0.25) is 11.8 Å². The molecule has 3 aromatic rings. The Morgan fingerprint density at radius 3 is 2.56 bits per heavy atom. The predicted molar refractivity (Wildman–Crippen MR) is 102 cm³/mol. The summed E-state index contributed by atoms with van der Waals surface area (Å²) in [7, 11) is 6.80. The lowest BCUT2D eigenvalue weighted by Gasteiger charge is -2.06. The van der Waals surface area contributed by atoms with E-state index in [0.717, 1.165) is 11.3 Å². The Morgan fingerprint density at radius 1 is 1.15 bits per heavy atom. The molecule has 10 heteroatoms. The molecule has 0 saturated carbocycles. The topological polar surface area (TPSA) is 96.1 Å². The highest BCUT2D eigenvalue weighted by molar-refractivity contribution is 7.99. The normalized spacial score (nSPS) is 10.7. The van der Waals surface area contributed by atoms with Crippen molar-refractivity contribution in [2.75, 3.05) is 25.3 Å². The average Bonchev–Trinajstić information content (AvgIpc) is 3.22. The summed E-state index contributed by atoms with van der Waals surface area (Å²) in [6, 6.07) is 7.16. The molecule has 0 fully saturated rings. The first-order chi connectivity index (χ1) is 13.0. The van der Waals surface area contributed by atoms with Gasteiger partial charge >= 0.3 is 0 Å². The number of thioether (sulfide) groups is 1. The standard InChI is InChI=1S/C17H20N6O3S/c1-22-9-13(16(21-22)26-4)15-19-20-17(23(15)2)27-10-14(24)18-11-5-7-12(25-3)8-6-11/h5-9H,10H2,1-4H3,(H,18,24). The second-order valence-corrected chi connectivity index (χ2v) is 6.60. The Balaban J connectivity index is 1.64. The van der Waals surface area contributed by atoms with E-state index >= 15 is 0 Å². The van der Waals surface area contributed by atoms with Gasteiger partial charge in [0, 0.05) is 26.0 Å². The maximum Gasteiger partial charge on any atom is 0.243 e. The molecule has 0 spiro atoms. The largest absolute Gasteiger partial charge is 0.497 e. The minimum atomic E-state index is -0.131. The fourth-order valence-electron chi connectivity index (χ4n) is 2.45. The number of benzene rings is 1. The van der Waals surface area contributed by atoms with Gasteiger partial charge in [-0.3, -0.25) is 9.48 Å². The molecular weight excluding hydrogens is 368 g/mol. The third kappa shape index (κ3) is 4.22. The number of methoxy groups -OCH3 is 2. The number of nitrogens with one attached hydrogen (secondary N) is 1. The van der Waals surface area contributed by atoms with Gasteiger partial charge in [0.25, 0.3) is 0 Å². The first-order valence-electron chi connectivity index (χ1n) is 8.06. The Hall–Kier alpha value is -3.01. The molecule has 142 valence electrons. The molecule has 2 heterocycles. The van der Waals surface area contributed by atoms with E-state index in [4.69, 9.17) is 9.47 Å². The number of carbonyl (C=O) groups excluding carboxylic acids is 1. The van der Waals surface area contributed by atoms with E-state index in [0.29, 0.717) is 22.5 Å². The summed E-state index contributed by atoms with van der Waals surface area (Å²) in [5, 5.41) is 16.1. The van der Waals surface area contributed by atoms with Crippen molar-refractivity contribution in [1.82, 2.24) is 24.5 Å². The van der Waals surface area contributed by atoms with Crippen LogP contribution in [0.3, 0.4) is 0 Å². The number of ether oxygens (including phenoxy) is 2. The van der Waals surface area contributed by atoms with Gasteiger partial charge in [-0.25, -0.2) is 0 Å². The van der Waals surface area contributed by atoms with Crippen LogP contribution in [0, 0.1) is 0 Å². The number of hydrogen-bond acceptors (Lipinski definition) is 7. The smallest absolute Gasteiger partial charge is 0.243 e. The molecule has 0 aliphatic heterocycles. The van der Waals surface area contributed by atoms with Crippen molar-refractivity contribution in [2.24, 2.45) is 14.1 Å². The van der Waals surface area contributed by atoms with Crippen molar-refractivity contribution in [1.29, 1.82) is 0 Å². The number of rotatable bonds is 7. The molecule has 0 radical (unpaired) electrons. The summed E-state index contributed by atoms with van der Waals surface area (Å²) < 4.78 is 13.8. The first kappa shape index (κ1) is 18.8. The number of aromatic nitrogens is 5. The molecule has 27 heavy (non-hydrogen) atoms.